The maximum Gasteiger partial charge on any atom is 0.282 e. The van der Waals surface area contributed by atoms with Gasteiger partial charge in [-0.15, -0.1) is 11.3 Å². The molecule has 4 rings (SSSR count). The van der Waals surface area contributed by atoms with Gasteiger partial charge in [-0.05, 0) is 42.3 Å². The summed E-state index contributed by atoms with van der Waals surface area (Å²) in [7, 11) is 3.08. The van der Waals surface area contributed by atoms with E-state index >= 15 is 0 Å². The molecule has 0 bridgehead atoms. The number of benzene rings is 1. The van der Waals surface area contributed by atoms with Gasteiger partial charge in [0.15, 0.2) is 0 Å². The van der Waals surface area contributed by atoms with Crippen LogP contribution in [0.2, 0.25) is 0 Å². The minimum atomic E-state index is -0.311. The molecule has 0 spiro atoms. The first-order valence-electron chi connectivity index (χ1n) is 9.69. The van der Waals surface area contributed by atoms with E-state index in [2.05, 4.69) is 11.8 Å². The third-order valence-electron chi connectivity index (χ3n) is 5.55. The number of likely N-dealkylation sites (tertiary alicyclic amines) is 1. The predicted molar refractivity (Wildman–Crippen MR) is 113 cm³/mol. The van der Waals surface area contributed by atoms with Gasteiger partial charge in [-0.3, -0.25) is 9.59 Å². The van der Waals surface area contributed by atoms with Crippen LogP contribution in [0.1, 0.15) is 24.6 Å². The lowest BCUT2D eigenvalue weighted by Crippen LogP contribution is -2.38. The quantitative estimate of drug-likeness (QED) is 0.700. The molecule has 2 amide bonds. The van der Waals surface area contributed by atoms with E-state index in [4.69, 9.17) is 9.47 Å². The molecule has 0 N–H and O–H groups in total. The van der Waals surface area contributed by atoms with Crippen molar-refractivity contribution in [3.8, 4) is 11.5 Å². The van der Waals surface area contributed by atoms with E-state index in [9.17, 15) is 9.59 Å². The fraction of sp³-hybridized carbons (Fsp3) is 0.364. The van der Waals surface area contributed by atoms with Crippen LogP contribution in [0.5, 0.6) is 11.5 Å². The molecular formula is C22H24N2O4S. The van der Waals surface area contributed by atoms with Gasteiger partial charge in [-0.1, -0.05) is 13.0 Å². The standard InChI is InChI=1S/C22H24N2O4S/c1-14-8-10-23(11-9-14)20-19(18-5-4-12-29-18)21(25)24(22(20)26)16-7-6-15(27-2)13-17(16)28-3/h4-7,12-14H,8-11H2,1-3H3. The molecule has 0 radical (unpaired) electrons. The maximum atomic E-state index is 13.5. The van der Waals surface area contributed by atoms with Crippen LogP contribution in [0.3, 0.4) is 0 Å². The highest BCUT2D eigenvalue weighted by molar-refractivity contribution is 7.11. The smallest absolute Gasteiger partial charge is 0.282 e. The monoisotopic (exact) mass is 412 g/mol. The van der Waals surface area contributed by atoms with Gasteiger partial charge in [0, 0.05) is 24.0 Å². The number of nitrogens with zero attached hydrogens (tertiary/aromatic N) is 2. The summed E-state index contributed by atoms with van der Waals surface area (Å²) in [6, 6.07) is 8.90. The summed E-state index contributed by atoms with van der Waals surface area (Å²) in [5.74, 6) is 1.04. The zero-order valence-corrected chi connectivity index (χ0v) is 17.6. The molecule has 2 aliphatic rings. The number of hydrogen-bond acceptors (Lipinski definition) is 6. The Kier molecular flexibility index (Phi) is 5.32. The van der Waals surface area contributed by atoms with Crippen LogP contribution in [0.15, 0.2) is 41.4 Å². The minimum Gasteiger partial charge on any atom is -0.497 e. The Balaban J connectivity index is 1.79. The lowest BCUT2D eigenvalue weighted by atomic mass is 9.98. The van der Waals surface area contributed by atoms with Crippen LogP contribution in [-0.2, 0) is 9.59 Å². The first-order valence-corrected chi connectivity index (χ1v) is 10.6. The van der Waals surface area contributed by atoms with Crippen molar-refractivity contribution in [3.63, 3.8) is 0 Å². The second-order valence-corrected chi connectivity index (χ2v) is 8.30. The lowest BCUT2D eigenvalue weighted by molar-refractivity contribution is -0.120. The van der Waals surface area contributed by atoms with Crippen LogP contribution < -0.4 is 14.4 Å². The Bertz CT molecular complexity index is 959. The number of carbonyl (C=O) groups is 2. The third kappa shape index (κ3) is 3.40. The highest BCUT2D eigenvalue weighted by Crippen LogP contribution is 2.41. The number of thiophene rings is 1. The number of hydrogen-bond donors (Lipinski definition) is 0. The molecule has 0 unspecified atom stereocenters. The summed E-state index contributed by atoms with van der Waals surface area (Å²) in [6.07, 6.45) is 2.02. The van der Waals surface area contributed by atoms with E-state index in [-0.39, 0.29) is 11.8 Å². The number of anilines is 1. The topological polar surface area (TPSA) is 59.1 Å². The normalized spacial score (nSPS) is 18.0. The maximum absolute atomic E-state index is 13.5. The second kappa shape index (κ2) is 7.91. The SMILES string of the molecule is COc1ccc(N2C(=O)C(c3cccs3)=C(N3CCC(C)CC3)C2=O)c(OC)c1. The van der Waals surface area contributed by atoms with E-state index in [0.29, 0.717) is 34.4 Å². The summed E-state index contributed by atoms with van der Waals surface area (Å²) >= 11 is 1.47. The van der Waals surface area contributed by atoms with Crippen molar-refractivity contribution < 1.29 is 19.1 Å². The first-order chi connectivity index (χ1) is 14.0. The Morgan fingerprint density at radius 3 is 2.41 bits per heavy atom. The van der Waals surface area contributed by atoms with Crippen molar-refractivity contribution in [1.82, 2.24) is 4.90 Å². The van der Waals surface area contributed by atoms with Crippen molar-refractivity contribution >= 4 is 34.4 Å². The number of carbonyl (C=O) groups excluding carboxylic acids is 2. The molecule has 1 saturated heterocycles. The van der Waals surface area contributed by atoms with Crippen LogP contribution in [0.4, 0.5) is 5.69 Å². The molecule has 1 fully saturated rings. The second-order valence-electron chi connectivity index (χ2n) is 7.35. The van der Waals surface area contributed by atoms with E-state index < -0.39 is 0 Å². The first kappa shape index (κ1) is 19.5. The van der Waals surface area contributed by atoms with E-state index in [1.54, 1.807) is 25.3 Å². The van der Waals surface area contributed by atoms with Gasteiger partial charge in [0.2, 0.25) is 0 Å². The van der Waals surface area contributed by atoms with Gasteiger partial charge >= 0.3 is 0 Å². The Labute approximate surface area is 174 Å². The molecule has 6 nitrogen and oxygen atoms in total. The van der Waals surface area contributed by atoms with Crippen molar-refractivity contribution in [3.05, 3.63) is 46.3 Å². The number of imide groups is 1. The molecule has 1 aromatic heterocycles. The molecule has 7 heteroatoms. The van der Waals surface area contributed by atoms with Gasteiger partial charge in [0.1, 0.15) is 17.2 Å². The van der Waals surface area contributed by atoms with E-state index in [0.717, 1.165) is 30.8 Å². The van der Waals surface area contributed by atoms with Gasteiger partial charge in [-0.2, -0.15) is 0 Å². The molecule has 2 aliphatic heterocycles. The Hall–Kier alpha value is -2.80. The predicted octanol–water partition coefficient (Wildman–Crippen LogP) is 3.78. The summed E-state index contributed by atoms with van der Waals surface area (Å²) < 4.78 is 10.7. The number of methoxy groups -OCH3 is 2. The van der Waals surface area contributed by atoms with Gasteiger partial charge in [0.05, 0.1) is 25.5 Å². The van der Waals surface area contributed by atoms with Crippen LogP contribution in [0, 0.1) is 5.92 Å². The highest BCUT2D eigenvalue weighted by Gasteiger charge is 2.44. The zero-order chi connectivity index (χ0) is 20.5. The fourth-order valence-electron chi connectivity index (χ4n) is 3.88. The van der Waals surface area contributed by atoms with Crippen LogP contribution in [-0.4, -0.2) is 44.0 Å². The number of amides is 2. The molecular weight excluding hydrogens is 388 g/mol. The molecule has 1 aromatic carbocycles. The molecule has 0 aliphatic carbocycles. The average Bonchev–Trinajstić information content (AvgIpc) is 3.34. The van der Waals surface area contributed by atoms with Crippen LogP contribution >= 0.6 is 11.3 Å². The number of piperidine rings is 1. The number of rotatable bonds is 5. The summed E-state index contributed by atoms with van der Waals surface area (Å²) in [5.41, 5.74) is 1.41. The number of ether oxygens (including phenoxy) is 2. The molecule has 152 valence electrons. The third-order valence-corrected chi connectivity index (χ3v) is 6.44. The van der Waals surface area contributed by atoms with Gasteiger partial charge < -0.3 is 14.4 Å². The Morgan fingerprint density at radius 2 is 1.79 bits per heavy atom. The molecule has 2 aromatic rings. The largest absolute Gasteiger partial charge is 0.497 e. The Morgan fingerprint density at radius 1 is 1.03 bits per heavy atom. The van der Waals surface area contributed by atoms with E-state index in [1.165, 1.54) is 23.3 Å². The van der Waals surface area contributed by atoms with Crippen molar-refractivity contribution in [2.75, 3.05) is 32.2 Å². The molecule has 0 saturated carbocycles. The molecule has 29 heavy (non-hydrogen) atoms. The highest BCUT2D eigenvalue weighted by atomic mass is 32.1. The fourth-order valence-corrected chi connectivity index (χ4v) is 4.64. The van der Waals surface area contributed by atoms with E-state index in [1.807, 2.05) is 17.5 Å². The zero-order valence-electron chi connectivity index (χ0n) is 16.8. The van der Waals surface area contributed by atoms with Crippen molar-refractivity contribution in [2.24, 2.45) is 5.92 Å². The summed E-state index contributed by atoms with van der Waals surface area (Å²) in [6.45, 7) is 3.78. The molecule has 3 heterocycles. The van der Waals surface area contributed by atoms with Gasteiger partial charge in [-0.25, -0.2) is 4.90 Å². The lowest BCUT2D eigenvalue weighted by Gasteiger charge is -2.32. The average molecular weight is 413 g/mol. The minimum absolute atomic E-state index is 0.295. The van der Waals surface area contributed by atoms with Gasteiger partial charge in [0.25, 0.3) is 11.8 Å². The summed E-state index contributed by atoms with van der Waals surface area (Å²) in [5, 5.41) is 1.92. The van der Waals surface area contributed by atoms with Crippen molar-refractivity contribution in [1.29, 1.82) is 0 Å². The summed E-state index contributed by atoms with van der Waals surface area (Å²) in [4.78, 5) is 31.2. The van der Waals surface area contributed by atoms with Crippen molar-refractivity contribution in [2.45, 2.75) is 19.8 Å². The molecule has 0 atom stereocenters. The van der Waals surface area contributed by atoms with Crippen LogP contribution in [0.25, 0.3) is 5.57 Å².